The highest BCUT2D eigenvalue weighted by atomic mass is 35.5. The Bertz CT molecular complexity index is 288. The lowest BCUT2D eigenvalue weighted by Gasteiger charge is -2.03. The van der Waals surface area contributed by atoms with E-state index in [-0.39, 0.29) is 24.3 Å². The fourth-order valence-electron chi connectivity index (χ4n) is 1.64. The van der Waals surface area contributed by atoms with E-state index in [1.807, 2.05) is 6.07 Å². The summed E-state index contributed by atoms with van der Waals surface area (Å²) in [6, 6.07) is 5.19. The molecule has 0 amide bonds. The first kappa shape index (κ1) is 9.49. The molecule has 1 nitrogen and oxygen atoms in total. The van der Waals surface area contributed by atoms with E-state index in [0.29, 0.717) is 0 Å². The molecule has 0 spiro atoms. The SMILES string of the molecule is Cl.N[C@H]1CCc2c(F)cccc21. The van der Waals surface area contributed by atoms with Gasteiger partial charge in [-0.2, -0.15) is 0 Å². The Labute approximate surface area is 77.2 Å². The molecule has 66 valence electrons. The predicted octanol–water partition coefficient (Wildman–Crippen LogP) is 2.19. The van der Waals surface area contributed by atoms with Crippen molar-refractivity contribution in [2.24, 2.45) is 5.73 Å². The molecular formula is C9H11ClFN. The third-order valence-electron chi connectivity index (χ3n) is 2.26. The topological polar surface area (TPSA) is 26.0 Å². The quantitative estimate of drug-likeness (QED) is 0.662. The molecule has 0 bridgehead atoms. The molecule has 0 radical (unpaired) electrons. The van der Waals surface area contributed by atoms with Gasteiger partial charge in [0.15, 0.2) is 0 Å². The summed E-state index contributed by atoms with van der Waals surface area (Å²) in [5.74, 6) is -0.101. The highest BCUT2D eigenvalue weighted by Gasteiger charge is 2.20. The lowest BCUT2D eigenvalue weighted by atomic mass is 10.1. The van der Waals surface area contributed by atoms with Crippen molar-refractivity contribution >= 4 is 12.4 Å². The summed E-state index contributed by atoms with van der Waals surface area (Å²) >= 11 is 0. The highest BCUT2D eigenvalue weighted by Crippen LogP contribution is 2.30. The van der Waals surface area contributed by atoms with Crippen molar-refractivity contribution < 1.29 is 4.39 Å². The second-order valence-corrected chi connectivity index (χ2v) is 2.95. The van der Waals surface area contributed by atoms with Gasteiger partial charge in [0.25, 0.3) is 0 Å². The van der Waals surface area contributed by atoms with Crippen LogP contribution >= 0.6 is 12.4 Å². The second-order valence-electron chi connectivity index (χ2n) is 2.95. The van der Waals surface area contributed by atoms with Crippen molar-refractivity contribution in [3.05, 3.63) is 35.1 Å². The number of rotatable bonds is 0. The highest BCUT2D eigenvalue weighted by molar-refractivity contribution is 5.85. The number of benzene rings is 1. The van der Waals surface area contributed by atoms with Crippen molar-refractivity contribution in [2.45, 2.75) is 18.9 Å². The predicted molar refractivity (Wildman–Crippen MR) is 48.9 cm³/mol. The normalized spacial score (nSPS) is 20.0. The third kappa shape index (κ3) is 1.32. The third-order valence-corrected chi connectivity index (χ3v) is 2.26. The van der Waals surface area contributed by atoms with Crippen molar-refractivity contribution in [1.82, 2.24) is 0 Å². The maximum absolute atomic E-state index is 13.0. The molecule has 1 aliphatic carbocycles. The molecular weight excluding hydrogens is 177 g/mol. The number of nitrogens with two attached hydrogens (primary N) is 1. The fourth-order valence-corrected chi connectivity index (χ4v) is 1.64. The Balaban J connectivity index is 0.000000720. The first-order chi connectivity index (χ1) is 5.29. The summed E-state index contributed by atoms with van der Waals surface area (Å²) in [7, 11) is 0. The molecule has 0 saturated carbocycles. The zero-order valence-corrected chi connectivity index (χ0v) is 7.40. The number of halogens is 2. The molecule has 1 aromatic carbocycles. The molecule has 0 aliphatic heterocycles. The van der Waals surface area contributed by atoms with Gasteiger partial charge in [-0.05, 0) is 30.0 Å². The van der Waals surface area contributed by atoms with Gasteiger partial charge >= 0.3 is 0 Å². The maximum Gasteiger partial charge on any atom is 0.126 e. The van der Waals surface area contributed by atoms with Crippen LogP contribution in [0.3, 0.4) is 0 Å². The van der Waals surface area contributed by atoms with Crippen LogP contribution in [0.5, 0.6) is 0 Å². The molecule has 0 fully saturated rings. The number of hydrogen-bond donors (Lipinski definition) is 1. The fraction of sp³-hybridized carbons (Fsp3) is 0.333. The van der Waals surface area contributed by atoms with Gasteiger partial charge in [-0.1, -0.05) is 12.1 Å². The van der Waals surface area contributed by atoms with Crippen LogP contribution in [-0.4, -0.2) is 0 Å². The smallest absolute Gasteiger partial charge is 0.126 e. The van der Waals surface area contributed by atoms with Gasteiger partial charge in [-0.25, -0.2) is 4.39 Å². The first-order valence-electron chi connectivity index (χ1n) is 3.82. The average molecular weight is 188 g/mol. The first-order valence-corrected chi connectivity index (χ1v) is 3.82. The van der Waals surface area contributed by atoms with Gasteiger partial charge in [-0.15, -0.1) is 12.4 Å². The van der Waals surface area contributed by atoms with Crippen LogP contribution in [-0.2, 0) is 6.42 Å². The Morgan fingerprint density at radius 3 is 2.83 bits per heavy atom. The summed E-state index contributed by atoms with van der Waals surface area (Å²) < 4.78 is 13.0. The lowest BCUT2D eigenvalue weighted by molar-refractivity contribution is 0.612. The minimum absolute atomic E-state index is 0. The molecule has 1 atom stereocenters. The van der Waals surface area contributed by atoms with E-state index in [9.17, 15) is 4.39 Å². The Kier molecular flexibility index (Phi) is 2.70. The maximum atomic E-state index is 13.0. The van der Waals surface area contributed by atoms with E-state index in [1.165, 1.54) is 6.07 Å². The van der Waals surface area contributed by atoms with E-state index >= 15 is 0 Å². The standard InChI is InChI=1S/C9H10FN.ClH/c10-8-3-1-2-7-6(8)4-5-9(7)11;/h1-3,9H,4-5,11H2;1H/t9-;/m0./s1. The van der Waals surface area contributed by atoms with Crippen LogP contribution in [0, 0.1) is 5.82 Å². The average Bonchev–Trinajstić information content (AvgIpc) is 2.35. The Morgan fingerprint density at radius 1 is 1.42 bits per heavy atom. The zero-order valence-electron chi connectivity index (χ0n) is 6.59. The van der Waals surface area contributed by atoms with Crippen LogP contribution in [0.1, 0.15) is 23.6 Å². The molecule has 0 saturated heterocycles. The summed E-state index contributed by atoms with van der Waals surface area (Å²) in [5, 5.41) is 0. The largest absolute Gasteiger partial charge is 0.324 e. The van der Waals surface area contributed by atoms with Gasteiger partial charge in [0.2, 0.25) is 0 Å². The molecule has 2 rings (SSSR count). The van der Waals surface area contributed by atoms with Crippen LogP contribution < -0.4 is 5.73 Å². The molecule has 0 heterocycles. The molecule has 0 unspecified atom stereocenters. The van der Waals surface area contributed by atoms with Crippen molar-refractivity contribution in [3.8, 4) is 0 Å². The van der Waals surface area contributed by atoms with Crippen molar-refractivity contribution in [2.75, 3.05) is 0 Å². The Morgan fingerprint density at radius 2 is 2.17 bits per heavy atom. The number of hydrogen-bond acceptors (Lipinski definition) is 1. The second kappa shape index (κ2) is 3.42. The van der Waals surface area contributed by atoms with Gasteiger partial charge in [-0.3, -0.25) is 0 Å². The summed E-state index contributed by atoms with van der Waals surface area (Å²) in [6.07, 6.45) is 1.68. The molecule has 0 aromatic heterocycles. The van der Waals surface area contributed by atoms with E-state index in [0.717, 1.165) is 24.0 Å². The summed E-state index contributed by atoms with van der Waals surface area (Å²) in [5.41, 5.74) is 7.56. The molecule has 1 aliphatic rings. The lowest BCUT2D eigenvalue weighted by Crippen LogP contribution is -2.04. The molecule has 3 heteroatoms. The summed E-state index contributed by atoms with van der Waals surface area (Å²) in [4.78, 5) is 0. The van der Waals surface area contributed by atoms with Gasteiger partial charge in [0.1, 0.15) is 5.82 Å². The van der Waals surface area contributed by atoms with Gasteiger partial charge < -0.3 is 5.73 Å². The monoisotopic (exact) mass is 187 g/mol. The van der Waals surface area contributed by atoms with Crippen LogP contribution in [0.2, 0.25) is 0 Å². The number of fused-ring (bicyclic) bond motifs is 1. The molecule has 2 N–H and O–H groups in total. The van der Waals surface area contributed by atoms with Crippen LogP contribution in [0.15, 0.2) is 18.2 Å². The minimum atomic E-state index is -0.101. The Hall–Kier alpha value is -0.600. The van der Waals surface area contributed by atoms with E-state index in [2.05, 4.69) is 0 Å². The van der Waals surface area contributed by atoms with Gasteiger partial charge in [0.05, 0.1) is 0 Å². The van der Waals surface area contributed by atoms with E-state index in [1.54, 1.807) is 6.07 Å². The van der Waals surface area contributed by atoms with Crippen molar-refractivity contribution in [3.63, 3.8) is 0 Å². The zero-order chi connectivity index (χ0) is 7.84. The summed E-state index contributed by atoms with van der Waals surface area (Å²) in [6.45, 7) is 0. The molecule has 12 heavy (non-hydrogen) atoms. The molecule has 1 aromatic rings. The van der Waals surface area contributed by atoms with Crippen LogP contribution in [0.4, 0.5) is 4.39 Å². The van der Waals surface area contributed by atoms with Gasteiger partial charge in [0, 0.05) is 6.04 Å². The minimum Gasteiger partial charge on any atom is -0.324 e. The van der Waals surface area contributed by atoms with Crippen LogP contribution in [0.25, 0.3) is 0 Å². The van der Waals surface area contributed by atoms with E-state index < -0.39 is 0 Å². The van der Waals surface area contributed by atoms with E-state index in [4.69, 9.17) is 5.73 Å². The van der Waals surface area contributed by atoms with Crippen molar-refractivity contribution in [1.29, 1.82) is 0 Å².